The average molecular weight is 201 g/mol. The van der Waals surface area contributed by atoms with Crippen molar-refractivity contribution in [3.8, 4) is 0 Å². The van der Waals surface area contributed by atoms with Gasteiger partial charge in [0.05, 0.1) is 6.61 Å². The Morgan fingerprint density at radius 3 is 2.71 bits per heavy atom. The molecule has 1 aliphatic rings. The Kier molecular flexibility index (Phi) is 4.35. The molecule has 1 rings (SSSR count). The first kappa shape index (κ1) is 11.5. The molecule has 0 amide bonds. The fourth-order valence-corrected chi connectivity index (χ4v) is 1.39. The molecule has 0 aromatic heterocycles. The van der Waals surface area contributed by atoms with E-state index in [2.05, 4.69) is 6.92 Å². The minimum Gasteiger partial charge on any atom is -0.464 e. The number of ether oxygens (including phenoxy) is 2. The van der Waals surface area contributed by atoms with Crippen LogP contribution in [0.25, 0.3) is 0 Å². The number of unbranched alkanes of at least 4 members (excludes halogenated alkanes) is 1. The standard InChI is InChI=1S/C10H19NO3/c1-2-3-6-14-9(12)10(11)4-7-13-8-5-10/h2-8,11H2,1H3. The van der Waals surface area contributed by atoms with Crippen molar-refractivity contribution >= 4 is 5.97 Å². The number of carbonyl (C=O) groups excluding carboxylic acids is 1. The van der Waals surface area contributed by atoms with Gasteiger partial charge in [0, 0.05) is 13.2 Å². The third-order valence-corrected chi connectivity index (χ3v) is 2.52. The second kappa shape index (κ2) is 5.32. The van der Waals surface area contributed by atoms with Crippen LogP contribution in [0.1, 0.15) is 32.6 Å². The zero-order chi connectivity index (χ0) is 10.4. The van der Waals surface area contributed by atoms with Crippen molar-refractivity contribution in [2.75, 3.05) is 19.8 Å². The van der Waals surface area contributed by atoms with Gasteiger partial charge in [0.2, 0.25) is 0 Å². The molecule has 0 aliphatic carbocycles. The van der Waals surface area contributed by atoms with E-state index in [1.165, 1.54) is 0 Å². The summed E-state index contributed by atoms with van der Waals surface area (Å²) in [7, 11) is 0. The van der Waals surface area contributed by atoms with Crippen LogP contribution in [0.3, 0.4) is 0 Å². The number of nitrogens with two attached hydrogens (primary N) is 1. The molecule has 1 heterocycles. The van der Waals surface area contributed by atoms with Crippen molar-refractivity contribution < 1.29 is 14.3 Å². The van der Waals surface area contributed by atoms with E-state index in [1.807, 2.05) is 0 Å². The van der Waals surface area contributed by atoms with Crippen LogP contribution < -0.4 is 5.73 Å². The molecule has 82 valence electrons. The van der Waals surface area contributed by atoms with E-state index < -0.39 is 5.54 Å². The number of hydrogen-bond acceptors (Lipinski definition) is 4. The largest absolute Gasteiger partial charge is 0.464 e. The molecular weight excluding hydrogens is 182 g/mol. The summed E-state index contributed by atoms with van der Waals surface area (Å²) in [6.07, 6.45) is 3.06. The second-order valence-corrected chi connectivity index (χ2v) is 3.76. The van der Waals surface area contributed by atoms with Crippen LogP contribution in [0.4, 0.5) is 0 Å². The smallest absolute Gasteiger partial charge is 0.326 e. The summed E-state index contributed by atoms with van der Waals surface area (Å²) in [5.41, 5.74) is 5.13. The zero-order valence-electron chi connectivity index (χ0n) is 8.75. The Balaban J connectivity index is 2.33. The Hall–Kier alpha value is -0.610. The first-order valence-electron chi connectivity index (χ1n) is 5.23. The Morgan fingerprint density at radius 1 is 1.50 bits per heavy atom. The first-order chi connectivity index (χ1) is 6.69. The maximum absolute atomic E-state index is 11.6. The van der Waals surface area contributed by atoms with Crippen molar-refractivity contribution in [3.63, 3.8) is 0 Å². The molecule has 4 nitrogen and oxygen atoms in total. The molecule has 0 spiro atoms. The lowest BCUT2D eigenvalue weighted by Crippen LogP contribution is -2.52. The molecule has 1 fully saturated rings. The molecule has 0 aromatic rings. The molecule has 4 heteroatoms. The van der Waals surface area contributed by atoms with Crippen LogP contribution in [0.2, 0.25) is 0 Å². The van der Waals surface area contributed by atoms with Gasteiger partial charge in [-0.2, -0.15) is 0 Å². The quantitative estimate of drug-likeness (QED) is 0.541. The summed E-state index contributed by atoms with van der Waals surface area (Å²) in [5.74, 6) is -0.269. The molecule has 0 unspecified atom stereocenters. The molecule has 2 N–H and O–H groups in total. The van der Waals surface area contributed by atoms with Crippen molar-refractivity contribution in [2.24, 2.45) is 5.73 Å². The number of hydrogen-bond donors (Lipinski definition) is 1. The lowest BCUT2D eigenvalue weighted by Gasteiger charge is -2.30. The van der Waals surface area contributed by atoms with E-state index in [0.717, 1.165) is 12.8 Å². The monoisotopic (exact) mass is 201 g/mol. The molecule has 0 atom stereocenters. The topological polar surface area (TPSA) is 61.5 Å². The van der Waals surface area contributed by atoms with Crippen LogP contribution in [-0.2, 0) is 14.3 Å². The SMILES string of the molecule is CCCCOC(=O)C1(N)CCOCC1. The highest BCUT2D eigenvalue weighted by Crippen LogP contribution is 2.19. The Labute approximate surface area is 84.7 Å². The van der Waals surface area contributed by atoms with Gasteiger partial charge in [-0.05, 0) is 19.3 Å². The van der Waals surface area contributed by atoms with Gasteiger partial charge in [0.25, 0.3) is 0 Å². The molecule has 14 heavy (non-hydrogen) atoms. The van der Waals surface area contributed by atoms with Crippen molar-refractivity contribution in [1.82, 2.24) is 0 Å². The first-order valence-corrected chi connectivity index (χ1v) is 5.23. The second-order valence-electron chi connectivity index (χ2n) is 3.76. The van der Waals surface area contributed by atoms with Gasteiger partial charge in [0.15, 0.2) is 0 Å². The lowest BCUT2D eigenvalue weighted by atomic mass is 9.92. The van der Waals surface area contributed by atoms with E-state index in [-0.39, 0.29) is 5.97 Å². The van der Waals surface area contributed by atoms with Gasteiger partial charge < -0.3 is 15.2 Å². The number of rotatable bonds is 4. The fourth-order valence-electron chi connectivity index (χ4n) is 1.39. The van der Waals surface area contributed by atoms with Crippen molar-refractivity contribution in [1.29, 1.82) is 0 Å². The third kappa shape index (κ3) is 2.96. The molecule has 1 aliphatic heterocycles. The molecular formula is C10H19NO3. The van der Waals surface area contributed by atoms with E-state index in [4.69, 9.17) is 15.2 Å². The summed E-state index contributed by atoms with van der Waals surface area (Å²) in [4.78, 5) is 11.6. The van der Waals surface area contributed by atoms with Crippen molar-refractivity contribution in [2.45, 2.75) is 38.1 Å². The summed E-state index contributed by atoms with van der Waals surface area (Å²) in [5, 5.41) is 0. The highest BCUT2D eigenvalue weighted by molar-refractivity contribution is 5.80. The minimum absolute atomic E-state index is 0.269. The third-order valence-electron chi connectivity index (χ3n) is 2.52. The van der Waals surface area contributed by atoms with Gasteiger partial charge in [0.1, 0.15) is 5.54 Å². The average Bonchev–Trinajstić information content (AvgIpc) is 2.19. The van der Waals surface area contributed by atoms with E-state index in [0.29, 0.717) is 32.7 Å². The Morgan fingerprint density at radius 2 is 2.14 bits per heavy atom. The summed E-state index contributed by atoms with van der Waals surface area (Å²) in [6.45, 7) is 3.65. The molecule has 0 saturated carbocycles. The molecule has 0 aromatic carbocycles. The zero-order valence-corrected chi connectivity index (χ0v) is 8.75. The highest BCUT2D eigenvalue weighted by Gasteiger charge is 2.37. The maximum Gasteiger partial charge on any atom is 0.326 e. The number of carbonyl (C=O) groups is 1. The summed E-state index contributed by atoms with van der Waals surface area (Å²) >= 11 is 0. The van der Waals surface area contributed by atoms with Crippen molar-refractivity contribution in [3.05, 3.63) is 0 Å². The normalized spacial score (nSPS) is 20.4. The predicted molar refractivity (Wildman–Crippen MR) is 52.8 cm³/mol. The minimum atomic E-state index is -0.800. The molecule has 0 bridgehead atoms. The molecule has 1 saturated heterocycles. The van der Waals surface area contributed by atoms with E-state index in [9.17, 15) is 4.79 Å². The van der Waals surface area contributed by atoms with Crippen LogP contribution in [0.15, 0.2) is 0 Å². The van der Waals surface area contributed by atoms with Gasteiger partial charge in [-0.3, -0.25) is 4.79 Å². The van der Waals surface area contributed by atoms with Crippen LogP contribution in [-0.4, -0.2) is 31.3 Å². The summed E-state index contributed by atoms with van der Waals surface area (Å²) in [6, 6.07) is 0. The highest BCUT2D eigenvalue weighted by atomic mass is 16.5. The van der Waals surface area contributed by atoms with E-state index in [1.54, 1.807) is 0 Å². The Bertz CT molecular complexity index is 188. The van der Waals surface area contributed by atoms with Gasteiger partial charge in [-0.25, -0.2) is 0 Å². The number of esters is 1. The summed E-state index contributed by atoms with van der Waals surface area (Å²) < 4.78 is 10.3. The maximum atomic E-state index is 11.6. The van der Waals surface area contributed by atoms with Crippen LogP contribution in [0, 0.1) is 0 Å². The van der Waals surface area contributed by atoms with Gasteiger partial charge in [-0.15, -0.1) is 0 Å². The van der Waals surface area contributed by atoms with Gasteiger partial charge in [-0.1, -0.05) is 13.3 Å². The van der Waals surface area contributed by atoms with Crippen LogP contribution in [0.5, 0.6) is 0 Å². The van der Waals surface area contributed by atoms with Gasteiger partial charge >= 0.3 is 5.97 Å². The van der Waals surface area contributed by atoms with Crippen LogP contribution >= 0.6 is 0 Å². The molecule has 0 radical (unpaired) electrons. The predicted octanol–water partition coefficient (Wildman–Crippen LogP) is 0.838. The lowest BCUT2D eigenvalue weighted by molar-refractivity contribution is -0.154. The fraction of sp³-hybridized carbons (Fsp3) is 0.900. The van der Waals surface area contributed by atoms with E-state index >= 15 is 0 Å².